The van der Waals surface area contributed by atoms with Crippen LogP contribution in [0.1, 0.15) is 25.3 Å². The van der Waals surface area contributed by atoms with E-state index in [-0.39, 0.29) is 5.91 Å². The number of rotatable bonds is 3. The third kappa shape index (κ3) is 2.55. The first-order chi connectivity index (χ1) is 12.5. The molecule has 1 N–H and O–H groups in total. The number of benzene rings is 1. The van der Waals surface area contributed by atoms with Crippen molar-refractivity contribution in [1.29, 1.82) is 0 Å². The Morgan fingerprint density at radius 3 is 2.85 bits per heavy atom. The van der Waals surface area contributed by atoms with Gasteiger partial charge in [-0.1, -0.05) is 12.1 Å². The van der Waals surface area contributed by atoms with E-state index >= 15 is 0 Å². The number of nitrogens with one attached hydrogen (secondary N) is 1. The molecule has 1 fully saturated rings. The quantitative estimate of drug-likeness (QED) is 0.788. The van der Waals surface area contributed by atoms with E-state index in [9.17, 15) is 4.79 Å². The molecule has 0 spiro atoms. The van der Waals surface area contributed by atoms with Crippen LogP contribution >= 0.6 is 0 Å². The van der Waals surface area contributed by atoms with E-state index in [4.69, 9.17) is 9.72 Å². The summed E-state index contributed by atoms with van der Waals surface area (Å²) in [7, 11) is 3.65. The average molecular weight is 349 g/mol. The third-order valence-electron chi connectivity index (χ3n) is 5.47. The largest absolute Gasteiger partial charge is 0.481 e. The number of hydrogen-bond donors (Lipinski definition) is 1. The van der Waals surface area contributed by atoms with Gasteiger partial charge in [-0.25, -0.2) is 4.98 Å². The lowest BCUT2D eigenvalue weighted by Crippen LogP contribution is -2.47. The molecule has 2 aromatic heterocycles. The van der Waals surface area contributed by atoms with Crippen molar-refractivity contribution in [3.8, 4) is 17.1 Å². The van der Waals surface area contributed by atoms with Crippen LogP contribution in [0.5, 0.6) is 5.88 Å². The summed E-state index contributed by atoms with van der Waals surface area (Å²) in [5, 5.41) is 4.14. The predicted molar refractivity (Wildman–Crippen MR) is 102 cm³/mol. The normalized spacial score (nSPS) is 20.2. The number of aromatic nitrogens is 2. The number of fused-ring (bicyclic) bond motifs is 1. The minimum atomic E-state index is -0.599. The Balaban J connectivity index is 1.78. The van der Waals surface area contributed by atoms with Crippen LogP contribution in [0.2, 0.25) is 0 Å². The van der Waals surface area contributed by atoms with Crippen molar-refractivity contribution < 1.29 is 9.53 Å². The van der Waals surface area contributed by atoms with Crippen LogP contribution in [-0.4, -0.2) is 29.1 Å². The standard InChI is InChI=1S/C21H23N3O2/c1-21(10-4-11-22-20(21)25)16-6-7-17(23-19(16)26-3)14-5-8-18-15(13-14)9-12-24(18)2/h5-9,12-13H,4,10-11H2,1-3H3,(H,22,25). The van der Waals surface area contributed by atoms with Gasteiger partial charge in [0.2, 0.25) is 11.8 Å². The number of amides is 1. The van der Waals surface area contributed by atoms with Crippen molar-refractivity contribution in [2.75, 3.05) is 13.7 Å². The predicted octanol–water partition coefficient (Wildman–Crippen LogP) is 3.42. The van der Waals surface area contributed by atoms with Crippen molar-refractivity contribution >= 4 is 16.8 Å². The summed E-state index contributed by atoms with van der Waals surface area (Å²) in [5.74, 6) is 0.567. The van der Waals surface area contributed by atoms with Crippen molar-refractivity contribution in [2.45, 2.75) is 25.2 Å². The maximum atomic E-state index is 12.5. The number of ether oxygens (including phenoxy) is 1. The van der Waals surface area contributed by atoms with Gasteiger partial charge in [-0.05, 0) is 44.0 Å². The van der Waals surface area contributed by atoms with Crippen LogP contribution in [-0.2, 0) is 17.3 Å². The second kappa shape index (κ2) is 6.16. The molecule has 1 aromatic carbocycles. The zero-order valence-corrected chi connectivity index (χ0v) is 15.4. The lowest BCUT2D eigenvalue weighted by molar-refractivity contribution is -0.128. The lowest BCUT2D eigenvalue weighted by Gasteiger charge is -2.33. The highest BCUT2D eigenvalue weighted by atomic mass is 16.5. The van der Waals surface area contributed by atoms with E-state index in [1.807, 2.05) is 32.3 Å². The molecule has 1 unspecified atom stereocenters. The molecule has 3 heterocycles. The summed E-state index contributed by atoms with van der Waals surface area (Å²) < 4.78 is 7.67. The van der Waals surface area contributed by atoms with Crippen molar-refractivity contribution in [3.05, 3.63) is 48.2 Å². The number of methoxy groups -OCH3 is 1. The summed E-state index contributed by atoms with van der Waals surface area (Å²) in [6.45, 7) is 2.70. The summed E-state index contributed by atoms with van der Waals surface area (Å²) >= 11 is 0. The molecule has 5 nitrogen and oxygen atoms in total. The van der Waals surface area contributed by atoms with E-state index in [0.29, 0.717) is 5.88 Å². The number of nitrogens with zero attached hydrogens (tertiary/aromatic N) is 2. The molecular weight excluding hydrogens is 326 g/mol. The fourth-order valence-electron chi connectivity index (χ4n) is 3.83. The van der Waals surface area contributed by atoms with Gasteiger partial charge in [0, 0.05) is 41.8 Å². The topological polar surface area (TPSA) is 56.1 Å². The van der Waals surface area contributed by atoms with Crippen LogP contribution in [0.25, 0.3) is 22.2 Å². The number of carbonyl (C=O) groups excluding carboxylic acids is 1. The number of hydrogen-bond acceptors (Lipinski definition) is 3. The molecule has 1 amide bonds. The van der Waals surface area contributed by atoms with Gasteiger partial charge >= 0.3 is 0 Å². The Bertz CT molecular complexity index is 992. The third-order valence-corrected chi connectivity index (χ3v) is 5.47. The van der Waals surface area contributed by atoms with Gasteiger partial charge in [-0.3, -0.25) is 4.79 Å². The zero-order chi connectivity index (χ0) is 18.3. The molecule has 0 aliphatic carbocycles. The zero-order valence-electron chi connectivity index (χ0n) is 15.4. The second-order valence-electron chi connectivity index (χ2n) is 7.15. The van der Waals surface area contributed by atoms with Crippen LogP contribution in [0, 0.1) is 0 Å². The van der Waals surface area contributed by atoms with E-state index in [1.165, 1.54) is 10.9 Å². The Hall–Kier alpha value is -2.82. The molecule has 4 rings (SSSR count). The van der Waals surface area contributed by atoms with Crippen molar-refractivity contribution in [1.82, 2.24) is 14.9 Å². The first-order valence-electron chi connectivity index (χ1n) is 8.92. The molecule has 1 atom stereocenters. The average Bonchev–Trinajstić information content (AvgIpc) is 3.04. The molecule has 0 bridgehead atoms. The maximum Gasteiger partial charge on any atom is 0.230 e. The monoisotopic (exact) mass is 349 g/mol. The minimum Gasteiger partial charge on any atom is -0.481 e. The summed E-state index contributed by atoms with van der Waals surface area (Å²) in [6.07, 6.45) is 3.80. The highest BCUT2D eigenvalue weighted by Crippen LogP contribution is 2.38. The van der Waals surface area contributed by atoms with Gasteiger partial charge in [-0.2, -0.15) is 0 Å². The Morgan fingerprint density at radius 1 is 1.23 bits per heavy atom. The fourth-order valence-corrected chi connectivity index (χ4v) is 3.83. The van der Waals surface area contributed by atoms with Gasteiger partial charge < -0.3 is 14.6 Å². The summed E-state index contributed by atoms with van der Waals surface area (Å²) in [5.41, 5.74) is 3.31. The van der Waals surface area contributed by atoms with Gasteiger partial charge in [0.05, 0.1) is 18.2 Å². The number of aryl methyl sites for hydroxylation is 1. The number of pyridine rings is 1. The summed E-state index contributed by atoms with van der Waals surface area (Å²) in [6, 6.07) is 12.4. The second-order valence-corrected chi connectivity index (χ2v) is 7.15. The SMILES string of the molecule is COc1nc(-c2ccc3c(ccn3C)c2)ccc1C1(C)CCCNC1=O. The molecule has 26 heavy (non-hydrogen) atoms. The minimum absolute atomic E-state index is 0.0438. The van der Waals surface area contributed by atoms with E-state index in [2.05, 4.69) is 34.1 Å². The van der Waals surface area contributed by atoms with Crippen LogP contribution in [0.3, 0.4) is 0 Å². The van der Waals surface area contributed by atoms with Gasteiger partial charge in [0.25, 0.3) is 0 Å². The van der Waals surface area contributed by atoms with Crippen LogP contribution < -0.4 is 10.1 Å². The van der Waals surface area contributed by atoms with E-state index < -0.39 is 5.41 Å². The lowest BCUT2D eigenvalue weighted by atomic mass is 9.76. The Labute approximate surface area is 153 Å². The molecule has 1 aliphatic rings. The molecule has 0 saturated carbocycles. The van der Waals surface area contributed by atoms with E-state index in [0.717, 1.165) is 36.2 Å². The highest BCUT2D eigenvalue weighted by molar-refractivity contribution is 5.89. The van der Waals surface area contributed by atoms with Crippen LogP contribution in [0.15, 0.2) is 42.6 Å². The fraction of sp³-hybridized carbons (Fsp3) is 0.333. The highest BCUT2D eigenvalue weighted by Gasteiger charge is 2.40. The Kier molecular flexibility index (Phi) is 3.94. The molecular formula is C21H23N3O2. The molecule has 3 aromatic rings. The van der Waals surface area contributed by atoms with E-state index in [1.54, 1.807) is 7.11 Å². The number of carbonyl (C=O) groups is 1. The van der Waals surface area contributed by atoms with Crippen molar-refractivity contribution in [2.24, 2.45) is 7.05 Å². The maximum absolute atomic E-state index is 12.5. The van der Waals surface area contributed by atoms with Gasteiger partial charge in [-0.15, -0.1) is 0 Å². The van der Waals surface area contributed by atoms with Gasteiger partial charge in [0.1, 0.15) is 0 Å². The molecule has 1 aliphatic heterocycles. The molecule has 1 saturated heterocycles. The summed E-state index contributed by atoms with van der Waals surface area (Å²) in [4.78, 5) is 17.2. The Morgan fingerprint density at radius 2 is 2.08 bits per heavy atom. The molecule has 0 radical (unpaired) electrons. The smallest absolute Gasteiger partial charge is 0.230 e. The first kappa shape index (κ1) is 16.6. The van der Waals surface area contributed by atoms with Crippen LogP contribution in [0.4, 0.5) is 0 Å². The van der Waals surface area contributed by atoms with Gasteiger partial charge in [0.15, 0.2) is 0 Å². The first-order valence-corrected chi connectivity index (χ1v) is 8.92. The van der Waals surface area contributed by atoms with Crippen molar-refractivity contribution in [3.63, 3.8) is 0 Å². The molecule has 134 valence electrons. The number of piperidine rings is 1. The molecule has 5 heteroatoms.